The quantitative estimate of drug-likeness (QED) is 0.907. The summed E-state index contributed by atoms with van der Waals surface area (Å²) in [6, 6.07) is 1.37. The molecular formula is C10H12BrFO2. The first-order chi connectivity index (χ1) is 6.61. The van der Waals surface area contributed by atoms with Gasteiger partial charge in [-0.1, -0.05) is 0 Å². The minimum absolute atomic E-state index is 0.0207. The minimum atomic E-state index is -0.291. The molecule has 0 saturated heterocycles. The summed E-state index contributed by atoms with van der Waals surface area (Å²) in [7, 11) is 1.53. The lowest BCUT2D eigenvalue weighted by Crippen LogP contribution is -2.01. The van der Waals surface area contributed by atoms with Gasteiger partial charge in [-0.05, 0) is 40.9 Å². The lowest BCUT2D eigenvalue weighted by Gasteiger charge is -2.13. The Balaban J connectivity index is 3.32. The number of halogens is 2. The van der Waals surface area contributed by atoms with Gasteiger partial charge in [-0.3, -0.25) is 0 Å². The van der Waals surface area contributed by atoms with Crippen molar-refractivity contribution in [2.24, 2.45) is 0 Å². The maximum atomic E-state index is 13.3. The summed E-state index contributed by atoms with van der Waals surface area (Å²) in [6.45, 7) is 1.66. The fourth-order valence-corrected chi connectivity index (χ4v) is 1.98. The molecule has 4 heteroatoms. The highest BCUT2D eigenvalue weighted by Crippen LogP contribution is 2.33. The minimum Gasteiger partial charge on any atom is -0.495 e. The van der Waals surface area contributed by atoms with Crippen LogP contribution in [0.5, 0.6) is 5.75 Å². The molecule has 0 aromatic heterocycles. The normalized spacial score (nSPS) is 10.4. The van der Waals surface area contributed by atoms with Crippen molar-refractivity contribution >= 4 is 15.9 Å². The van der Waals surface area contributed by atoms with Crippen LogP contribution in [0.15, 0.2) is 10.5 Å². The van der Waals surface area contributed by atoms with Crippen LogP contribution in [-0.4, -0.2) is 18.8 Å². The fourth-order valence-electron chi connectivity index (χ4n) is 1.38. The molecule has 1 aromatic rings. The molecule has 1 N–H and O–H groups in total. The molecule has 14 heavy (non-hydrogen) atoms. The van der Waals surface area contributed by atoms with Crippen molar-refractivity contribution in [2.45, 2.75) is 13.3 Å². The van der Waals surface area contributed by atoms with Crippen LogP contribution in [0.25, 0.3) is 0 Å². The molecule has 1 aromatic carbocycles. The Kier molecular flexibility index (Phi) is 3.89. The van der Waals surface area contributed by atoms with E-state index in [2.05, 4.69) is 15.9 Å². The van der Waals surface area contributed by atoms with Crippen LogP contribution < -0.4 is 4.74 Å². The van der Waals surface area contributed by atoms with Gasteiger partial charge in [-0.15, -0.1) is 0 Å². The van der Waals surface area contributed by atoms with Crippen molar-refractivity contribution in [3.8, 4) is 5.75 Å². The smallest absolute Gasteiger partial charge is 0.136 e. The lowest BCUT2D eigenvalue weighted by atomic mass is 10.0. The summed E-state index contributed by atoms with van der Waals surface area (Å²) in [5.74, 6) is 0.305. The van der Waals surface area contributed by atoms with Crippen LogP contribution in [0.3, 0.4) is 0 Å². The molecule has 1 rings (SSSR count). The fraction of sp³-hybridized carbons (Fsp3) is 0.400. The van der Waals surface area contributed by atoms with E-state index >= 15 is 0 Å². The van der Waals surface area contributed by atoms with Crippen molar-refractivity contribution < 1.29 is 14.2 Å². The second-order valence-electron chi connectivity index (χ2n) is 2.95. The number of aliphatic hydroxyl groups excluding tert-OH is 1. The molecule has 0 bridgehead atoms. The van der Waals surface area contributed by atoms with Crippen molar-refractivity contribution in [3.05, 3.63) is 27.5 Å². The third-order valence-corrected chi connectivity index (χ3v) is 2.71. The summed E-state index contributed by atoms with van der Waals surface area (Å²) in [4.78, 5) is 0. The number of hydrogen-bond donors (Lipinski definition) is 1. The third-order valence-electron chi connectivity index (χ3n) is 2.12. The number of methoxy groups -OCH3 is 1. The summed E-state index contributed by atoms with van der Waals surface area (Å²) in [5, 5.41) is 8.85. The molecule has 0 atom stereocenters. The largest absolute Gasteiger partial charge is 0.495 e. The van der Waals surface area contributed by atoms with Gasteiger partial charge >= 0.3 is 0 Å². The Morgan fingerprint density at radius 3 is 2.71 bits per heavy atom. The molecule has 0 aliphatic carbocycles. The summed E-state index contributed by atoms with van der Waals surface area (Å²) in [6.07, 6.45) is 0.394. The molecular weight excluding hydrogens is 251 g/mol. The molecule has 0 aliphatic rings. The van der Waals surface area contributed by atoms with Gasteiger partial charge in [-0.2, -0.15) is 0 Å². The summed E-state index contributed by atoms with van der Waals surface area (Å²) >= 11 is 3.22. The van der Waals surface area contributed by atoms with E-state index in [1.807, 2.05) is 0 Å². The number of rotatable bonds is 3. The zero-order valence-corrected chi connectivity index (χ0v) is 9.69. The second kappa shape index (κ2) is 4.75. The number of ether oxygens (including phenoxy) is 1. The first kappa shape index (κ1) is 11.5. The second-order valence-corrected chi connectivity index (χ2v) is 3.80. The van der Waals surface area contributed by atoms with Gasteiger partial charge in [-0.25, -0.2) is 4.39 Å². The predicted molar refractivity (Wildman–Crippen MR) is 56.2 cm³/mol. The molecule has 0 spiro atoms. The van der Waals surface area contributed by atoms with E-state index in [0.717, 1.165) is 0 Å². The van der Waals surface area contributed by atoms with Gasteiger partial charge in [0.2, 0.25) is 0 Å². The Bertz CT molecular complexity index is 339. The van der Waals surface area contributed by atoms with Crippen LogP contribution >= 0.6 is 15.9 Å². The van der Waals surface area contributed by atoms with E-state index in [9.17, 15) is 4.39 Å². The summed E-state index contributed by atoms with van der Waals surface area (Å²) in [5.41, 5.74) is 1.24. The molecule has 78 valence electrons. The number of benzene rings is 1. The number of aliphatic hydroxyl groups is 1. The van der Waals surface area contributed by atoms with E-state index in [1.54, 1.807) is 6.92 Å². The molecule has 2 nitrogen and oxygen atoms in total. The summed E-state index contributed by atoms with van der Waals surface area (Å²) < 4.78 is 19.0. The van der Waals surface area contributed by atoms with Crippen LogP contribution in [0.4, 0.5) is 4.39 Å². The Morgan fingerprint density at radius 1 is 1.57 bits per heavy atom. The monoisotopic (exact) mass is 262 g/mol. The Hall–Kier alpha value is -0.610. The van der Waals surface area contributed by atoms with Crippen molar-refractivity contribution in [2.75, 3.05) is 13.7 Å². The highest BCUT2D eigenvalue weighted by atomic mass is 79.9. The van der Waals surface area contributed by atoms with Crippen molar-refractivity contribution in [1.29, 1.82) is 0 Å². The number of hydrogen-bond acceptors (Lipinski definition) is 2. The van der Waals surface area contributed by atoms with E-state index < -0.39 is 0 Å². The van der Waals surface area contributed by atoms with Gasteiger partial charge in [0, 0.05) is 12.2 Å². The van der Waals surface area contributed by atoms with Gasteiger partial charge in [0.15, 0.2) is 0 Å². The van der Waals surface area contributed by atoms with Gasteiger partial charge in [0.1, 0.15) is 11.6 Å². The van der Waals surface area contributed by atoms with Crippen molar-refractivity contribution in [3.63, 3.8) is 0 Å². The third kappa shape index (κ3) is 2.07. The SMILES string of the molecule is COc1c(Br)cc(F)c(C)c1CCO. The predicted octanol–water partition coefficient (Wildman–Crippen LogP) is 2.44. The first-order valence-corrected chi connectivity index (χ1v) is 5.03. The Labute approximate surface area is 90.8 Å². The highest BCUT2D eigenvalue weighted by Gasteiger charge is 2.14. The van der Waals surface area contributed by atoms with Gasteiger partial charge in [0.25, 0.3) is 0 Å². The zero-order valence-electron chi connectivity index (χ0n) is 8.10. The Morgan fingerprint density at radius 2 is 2.21 bits per heavy atom. The first-order valence-electron chi connectivity index (χ1n) is 4.24. The maximum absolute atomic E-state index is 13.3. The van der Waals surface area contributed by atoms with E-state index in [1.165, 1.54) is 13.2 Å². The highest BCUT2D eigenvalue weighted by molar-refractivity contribution is 9.10. The van der Waals surface area contributed by atoms with Crippen LogP contribution in [0, 0.1) is 12.7 Å². The van der Waals surface area contributed by atoms with E-state index in [4.69, 9.17) is 9.84 Å². The average Bonchev–Trinajstić information content (AvgIpc) is 2.14. The standard InChI is InChI=1S/C10H12BrFO2/c1-6-7(3-4-13)10(14-2)8(11)5-9(6)12/h5,13H,3-4H2,1-2H3. The average molecular weight is 263 g/mol. The molecule has 0 saturated carbocycles. The van der Waals surface area contributed by atoms with Crippen LogP contribution in [-0.2, 0) is 6.42 Å². The molecule has 0 heterocycles. The molecule has 0 aliphatic heterocycles. The zero-order chi connectivity index (χ0) is 10.7. The molecule has 0 unspecified atom stereocenters. The molecule has 0 fully saturated rings. The lowest BCUT2D eigenvalue weighted by molar-refractivity contribution is 0.296. The maximum Gasteiger partial charge on any atom is 0.136 e. The topological polar surface area (TPSA) is 29.5 Å². The van der Waals surface area contributed by atoms with E-state index in [-0.39, 0.29) is 12.4 Å². The van der Waals surface area contributed by atoms with Crippen molar-refractivity contribution in [1.82, 2.24) is 0 Å². The van der Waals surface area contributed by atoms with Crippen LogP contribution in [0.1, 0.15) is 11.1 Å². The van der Waals surface area contributed by atoms with Crippen LogP contribution in [0.2, 0.25) is 0 Å². The molecule has 0 amide bonds. The van der Waals surface area contributed by atoms with Gasteiger partial charge in [0.05, 0.1) is 11.6 Å². The van der Waals surface area contributed by atoms with Gasteiger partial charge < -0.3 is 9.84 Å². The van der Waals surface area contributed by atoms with E-state index in [0.29, 0.717) is 27.8 Å². The molecule has 0 radical (unpaired) electrons.